The average Bonchev–Trinajstić information content (AvgIpc) is 2.18. The lowest BCUT2D eigenvalue weighted by Crippen LogP contribution is -2.56. The Kier molecular flexibility index (Phi) is 3.29. The molecule has 1 saturated heterocycles. The van der Waals surface area contributed by atoms with Crippen LogP contribution >= 0.6 is 0 Å². The van der Waals surface area contributed by atoms with Crippen LogP contribution in [0, 0.1) is 5.41 Å². The van der Waals surface area contributed by atoms with Gasteiger partial charge in [-0.2, -0.15) is 0 Å². The molecule has 1 N–H and O–H groups in total. The summed E-state index contributed by atoms with van der Waals surface area (Å²) in [6.45, 7) is 3.46. The molecule has 0 radical (unpaired) electrons. The highest BCUT2D eigenvalue weighted by Gasteiger charge is 2.51. The first kappa shape index (κ1) is 10.9. The number of carbonyl (C=O) groups is 1. The van der Waals surface area contributed by atoms with Crippen LogP contribution in [-0.4, -0.2) is 25.2 Å². The quantitative estimate of drug-likeness (QED) is 0.724. The van der Waals surface area contributed by atoms with Gasteiger partial charge in [0.2, 0.25) is 0 Å². The summed E-state index contributed by atoms with van der Waals surface area (Å²) in [5, 5.41) is 3.50. The van der Waals surface area contributed by atoms with Crippen molar-refractivity contribution >= 4 is 5.97 Å². The van der Waals surface area contributed by atoms with Crippen LogP contribution in [0.3, 0.4) is 0 Å². The second-order valence-electron chi connectivity index (χ2n) is 4.73. The summed E-state index contributed by atoms with van der Waals surface area (Å²) < 4.78 is 5.22. The molecule has 0 spiro atoms. The molecule has 0 aromatic heterocycles. The van der Waals surface area contributed by atoms with E-state index in [4.69, 9.17) is 4.74 Å². The minimum absolute atomic E-state index is 0.0376. The molecule has 2 fully saturated rings. The SMILES string of the molecule is CCOC(=O)C1(C2CCCCN2)CCC1. The molecule has 3 heteroatoms. The van der Waals surface area contributed by atoms with Crippen molar-refractivity contribution in [3.8, 4) is 0 Å². The van der Waals surface area contributed by atoms with Crippen molar-refractivity contribution in [3.05, 3.63) is 0 Å². The van der Waals surface area contributed by atoms with Gasteiger partial charge in [0.1, 0.15) is 0 Å². The minimum atomic E-state index is -0.170. The van der Waals surface area contributed by atoms with E-state index in [2.05, 4.69) is 5.32 Å². The maximum Gasteiger partial charge on any atom is 0.313 e. The first-order valence-corrected chi connectivity index (χ1v) is 6.20. The van der Waals surface area contributed by atoms with Crippen LogP contribution in [0.15, 0.2) is 0 Å². The molecule has 86 valence electrons. The van der Waals surface area contributed by atoms with Gasteiger partial charge >= 0.3 is 5.97 Å². The molecule has 0 amide bonds. The van der Waals surface area contributed by atoms with Gasteiger partial charge in [0.05, 0.1) is 12.0 Å². The standard InChI is InChI=1S/C12H21NO2/c1-2-15-11(14)12(7-5-8-12)10-6-3-4-9-13-10/h10,13H,2-9H2,1H3. The Labute approximate surface area is 91.6 Å². The predicted octanol–water partition coefficient (Wildman–Crippen LogP) is 1.86. The molecule has 3 nitrogen and oxygen atoms in total. The first-order valence-electron chi connectivity index (χ1n) is 6.20. The summed E-state index contributed by atoms with van der Waals surface area (Å²) in [5.41, 5.74) is -0.170. The monoisotopic (exact) mass is 211 g/mol. The topological polar surface area (TPSA) is 38.3 Å². The Balaban J connectivity index is 2.03. The molecular formula is C12H21NO2. The zero-order valence-electron chi connectivity index (χ0n) is 9.55. The van der Waals surface area contributed by atoms with E-state index >= 15 is 0 Å². The molecule has 1 atom stereocenters. The fourth-order valence-electron chi connectivity index (χ4n) is 2.85. The van der Waals surface area contributed by atoms with Crippen molar-refractivity contribution < 1.29 is 9.53 Å². The Morgan fingerprint density at radius 3 is 2.67 bits per heavy atom. The molecule has 2 rings (SSSR count). The van der Waals surface area contributed by atoms with Crippen LogP contribution in [0.2, 0.25) is 0 Å². The highest BCUT2D eigenvalue weighted by molar-refractivity contribution is 5.79. The lowest BCUT2D eigenvalue weighted by Gasteiger charge is -2.47. The van der Waals surface area contributed by atoms with Crippen molar-refractivity contribution in [2.45, 2.75) is 51.5 Å². The number of nitrogens with one attached hydrogen (secondary N) is 1. The third kappa shape index (κ3) is 1.89. The van der Waals surface area contributed by atoms with Crippen molar-refractivity contribution in [1.29, 1.82) is 0 Å². The molecule has 0 bridgehead atoms. The number of esters is 1. The van der Waals surface area contributed by atoms with Crippen molar-refractivity contribution in [2.24, 2.45) is 5.41 Å². The van der Waals surface area contributed by atoms with Gasteiger partial charge in [-0.3, -0.25) is 4.79 Å². The van der Waals surface area contributed by atoms with Gasteiger partial charge in [-0.1, -0.05) is 12.8 Å². The molecule has 0 aromatic carbocycles. The van der Waals surface area contributed by atoms with E-state index in [1.54, 1.807) is 0 Å². The van der Waals surface area contributed by atoms with Crippen LogP contribution in [0.5, 0.6) is 0 Å². The Hall–Kier alpha value is -0.570. The highest BCUT2D eigenvalue weighted by atomic mass is 16.5. The van der Waals surface area contributed by atoms with Crippen LogP contribution in [0.4, 0.5) is 0 Å². The third-order valence-corrected chi connectivity index (χ3v) is 3.91. The molecular weight excluding hydrogens is 190 g/mol. The van der Waals surface area contributed by atoms with E-state index in [-0.39, 0.29) is 11.4 Å². The molecule has 1 unspecified atom stereocenters. The lowest BCUT2D eigenvalue weighted by molar-refractivity contribution is -0.164. The number of hydrogen-bond donors (Lipinski definition) is 1. The van der Waals surface area contributed by atoms with Crippen molar-refractivity contribution in [2.75, 3.05) is 13.2 Å². The number of carbonyl (C=O) groups excluding carboxylic acids is 1. The van der Waals surface area contributed by atoms with Crippen molar-refractivity contribution in [3.63, 3.8) is 0 Å². The number of rotatable bonds is 3. The van der Waals surface area contributed by atoms with Gasteiger partial charge in [-0.05, 0) is 39.2 Å². The highest BCUT2D eigenvalue weighted by Crippen LogP contribution is 2.47. The number of hydrogen-bond acceptors (Lipinski definition) is 3. The second kappa shape index (κ2) is 4.52. The zero-order valence-corrected chi connectivity index (χ0v) is 9.55. The number of piperidine rings is 1. The molecule has 1 heterocycles. The summed E-state index contributed by atoms with van der Waals surface area (Å²) in [6.07, 6.45) is 6.84. The van der Waals surface area contributed by atoms with Crippen LogP contribution in [0.25, 0.3) is 0 Å². The Morgan fingerprint density at radius 2 is 2.20 bits per heavy atom. The normalized spacial score (nSPS) is 29.3. The van der Waals surface area contributed by atoms with Gasteiger partial charge < -0.3 is 10.1 Å². The maximum atomic E-state index is 12.0. The van der Waals surface area contributed by atoms with Gasteiger partial charge in [-0.25, -0.2) is 0 Å². The largest absolute Gasteiger partial charge is 0.466 e. The van der Waals surface area contributed by atoms with E-state index < -0.39 is 0 Å². The molecule has 15 heavy (non-hydrogen) atoms. The lowest BCUT2D eigenvalue weighted by atomic mass is 9.62. The first-order chi connectivity index (χ1) is 7.29. The van der Waals surface area contributed by atoms with Gasteiger partial charge in [0.15, 0.2) is 0 Å². The molecule has 0 aromatic rings. The van der Waals surface area contributed by atoms with E-state index in [1.165, 1.54) is 19.3 Å². The minimum Gasteiger partial charge on any atom is -0.466 e. The third-order valence-electron chi connectivity index (χ3n) is 3.91. The summed E-state index contributed by atoms with van der Waals surface area (Å²) in [5.74, 6) is 0.0376. The van der Waals surface area contributed by atoms with E-state index in [0.29, 0.717) is 12.6 Å². The van der Waals surface area contributed by atoms with E-state index in [9.17, 15) is 4.79 Å². The average molecular weight is 211 g/mol. The summed E-state index contributed by atoms with van der Waals surface area (Å²) in [7, 11) is 0. The summed E-state index contributed by atoms with van der Waals surface area (Å²) >= 11 is 0. The summed E-state index contributed by atoms with van der Waals surface area (Å²) in [4.78, 5) is 12.0. The molecule has 2 aliphatic rings. The Morgan fingerprint density at radius 1 is 1.40 bits per heavy atom. The second-order valence-corrected chi connectivity index (χ2v) is 4.73. The van der Waals surface area contributed by atoms with Gasteiger partial charge in [0, 0.05) is 6.04 Å². The van der Waals surface area contributed by atoms with Crippen molar-refractivity contribution in [1.82, 2.24) is 5.32 Å². The fraction of sp³-hybridized carbons (Fsp3) is 0.917. The molecule has 1 saturated carbocycles. The summed E-state index contributed by atoms with van der Waals surface area (Å²) in [6, 6.07) is 0.374. The van der Waals surface area contributed by atoms with Crippen LogP contribution in [-0.2, 0) is 9.53 Å². The van der Waals surface area contributed by atoms with E-state index in [0.717, 1.165) is 25.8 Å². The smallest absolute Gasteiger partial charge is 0.313 e. The van der Waals surface area contributed by atoms with Gasteiger partial charge in [-0.15, -0.1) is 0 Å². The number of ether oxygens (including phenoxy) is 1. The molecule has 1 aliphatic carbocycles. The van der Waals surface area contributed by atoms with E-state index in [1.807, 2.05) is 6.92 Å². The molecule has 1 aliphatic heterocycles. The van der Waals surface area contributed by atoms with Gasteiger partial charge in [0.25, 0.3) is 0 Å². The van der Waals surface area contributed by atoms with Crippen LogP contribution < -0.4 is 5.32 Å². The fourth-order valence-corrected chi connectivity index (χ4v) is 2.85. The maximum absolute atomic E-state index is 12.0. The predicted molar refractivity (Wildman–Crippen MR) is 58.6 cm³/mol. The Bertz CT molecular complexity index is 230. The zero-order chi connectivity index (χ0) is 10.7. The van der Waals surface area contributed by atoms with Crippen LogP contribution in [0.1, 0.15) is 45.4 Å².